The van der Waals surface area contributed by atoms with E-state index in [1.165, 1.54) is 23.5 Å². The number of nitrogens with zero attached hydrogens (tertiary/aromatic N) is 3. The van der Waals surface area contributed by atoms with Gasteiger partial charge in [-0.05, 0) is 25.1 Å². The Morgan fingerprint density at radius 3 is 2.70 bits per heavy atom. The Labute approximate surface area is 220 Å². The van der Waals surface area contributed by atoms with Crippen LogP contribution >= 0.6 is 22.7 Å². The van der Waals surface area contributed by atoms with E-state index >= 15 is 0 Å². The largest absolute Gasteiger partial charge is 0.380 e. The van der Waals surface area contributed by atoms with Crippen LogP contribution in [0.1, 0.15) is 6.92 Å². The van der Waals surface area contributed by atoms with Gasteiger partial charge in [-0.15, -0.1) is 11.3 Å². The summed E-state index contributed by atoms with van der Waals surface area (Å²) in [6.07, 6.45) is 0. The first kappa shape index (κ1) is 26.8. The summed E-state index contributed by atoms with van der Waals surface area (Å²) in [5.74, 6) is -4.00. The molecule has 13 heteroatoms. The second kappa shape index (κ2) is 11.9. The minimum absolute atomic E-state index is 0.223. The number of aromatic nitrogens is 2. The number of ether oxygens (including phenoxy) is 1. The molecule has 0 bridgehead atoms. The SMILES string of the molecule is CCOCCn1c(=NC(=O)CS(=O)(=O)CC(=O)Nc2nc(-c3ccccc3)cs2)sc2cc(F)ccc21. The number of fused-ring (bicyclic) bond motifs is 1. The molecule has 9 nitrogen and oxygen atoms in total. The zero-order valence-corrected chi connectivity index (χ0v) is 22.2. The van der Waals surface area contributed by atoms with E-state index in [0.717, 1.165) is 16.9 Å². The Morgan fingerprint density at radius 2 is 1.95 bits per heavy atom. The number of hydrogen-bond donors (Lipinski definition) is 1. The smallest absolute Gasteiger partial charge is 0.263 e. The number of carbonyl (C=O) groups excluding carboxylic acids is 2. The average Bonchev–Trinajstić information content (AvgIpc) is 3.43. The predicted molar refractivity (Wildman–Crippen MR) is 142 cm³/mol. The van der Waals surface area contributed by atoms with Crippen molar-refractivity contribution in [3.8, 4) is 11.3 Å². The maximum absolute atomic E-state index is 13.7. The highest BCUT2D eigenvalue weighted by atomic mass is 32.2. The van der Waals surface area contributed by atoms with Crippen molar-refractivity contribution in [1.82, 2.24) is 9.55 Å². The highest BCUT2D eigenvalue weighted by Crippen LogP contribution is 2.24. The average molecular weight is 563 g/mol. The van der Waals surface area contributed by atoms with Crippen LogP contribution in [0.3, 0.4) is 0 Å². The fourth-order valence-corrected chi connectivity index (χ4v) is 6.30. The van der Waals surface area contributed by atoms with E-state index in [1.54, 1.807) is 16.0 Å². The third-order valence-corrected chi connectivity index (χ3v) is 8.23. The number of rotatable bonds is 10. The van der Waals surface area contributed by atoms with Crippen molar-refractivity contribution in [3.63, 3.8) is 0 Å². The van der Waals surface area contributed by atoms with E-state index in [1.807, 2.05) is 37.3 Å². The van der Waals surface area contributed by atoms with Gasteiger partial charge < -0.3 is 14.6 Å². The number of thiazole rings is 2. The molecule has 37 heavy (non-hydrogen) atoms. The van der Waals surface area contributed by atoms with E-state index in [0.29, 0.717) is 35.7 Å². The summed E-state index contributed by atoms with van der Waals surface area (Å²) >= 11 is 2.23. The van der Waals surface area contributed by atoms with Gasteiger partial charge in [0.2, 0.25) is 5.91 Å². The molecule has 0 aliphatic carbocycles. The van der Waals surface area contributed by atoms with Crippen molar-refractivity contribution < 1.29 is 27.1 Å². The fourth-order valence-electron chi connectivity index (χ4n) is 3.45. The van der Waals surface area contributed by atoms with Gasteiger partial charge in [0.25, 0.3) is 5.91 Å². The van der Waals surface area contributed by atoms with Gasteiger partial charge in [-0.3, -0.25) is 9.59 Å². The number of halogens is 1. The first-order valence-corrected chi connectivity index (χ1v) is 14.7. The molecular weight excluding hydrogens is 539 g/mol. The number of amides is 2. The molecule has 2 amide bonds. The molecule has 0 atom stereocenters. The van der Waals surface area contributed by atoms with Crippen LogP contribution in [0.15, 0.2) is 58.9 Å². The van der Waals surface area contributed by atoms with Crippen LogP contribution in [0.2, 0.25) is 0 Å². The minimum Gasteiger partial charge on any atom is -0.380 e. The highest BCUT2D eigenvalue weighted by molar-refractivity contribution is 7.92. The first-order valence-electron chi connectivity index (χ1n) is 11.2. The topological polar surface area (TPSA) is 120 Å². The van der Waals surface area contributed by atoms with Crippen molar-refractivity contribution in [1.29, 1.82) is 0 Å². The van der Waals surface area contributed by atoms with Crippen LogP contribution in [0.5, 0.6) is 0 Å². The van der Waals surface area contributed by atoms with Crippen LogP contribution in [0.4, 0.5) is 9.52 Å². The molecular formula is C24H23FN4O5S3. The summed E-state index contributed by atoms with van der Waals surface area (Å²) in [6.45, 7) is 3.03. The van der Waals surface area contributed by atoms with Crippen molar-refractivity contribution in [3.05, 3.63) is 64.5 Å². The van der Waals surface area contributed by atoms with Gasteiger partial charge in [-0.2, -0.15) is 4.99 Å². The lowest BCUT2D eigenvalue weighted by Gasteiger charge is -2.05. The van der Waals surface area contributed by atoms with Gasteiger partial charge in [0.1, 0.15) is 17.3 Å². The molecule has 0 aliphatic rings. The Morgan fingerprint density at radius 1 is 1.16 bits per heavy atom. The fraction of sp³-hybridized carbons (Fsp3) is 0.250. The summed E-state index contributed by atoms with van der Waals surface area (Å²) in [5, 5.41) is 4.47. The number of sulfone groups is 1. The van der Waals surface area contributed by atoms with E-state index in [2.05, 4.69) is 15.3 Å². The monoisotopic (exact) mass is 562 g/mol. The van der Waals surface area contributed by atoms with Crippen LogP contribution in [-0.4, -0.2) is 54.5 Å². The minimum atomic E-state index is -4.10. The summed E-state index contributed by atoms with van der Waals surface area (Å²) in [4.78, 5) is 33.4. The molecule has 0 unspecified atom stereocenters. The number of hydrogen-bond acceptors (Lipinski definition) is 8. The molecule has 2 aromatic heterocycles. The lowest BCUT2D eigenvalue weighted by molar-refractivity contribution is -0.115. The van der Waals surface area contributed by atoms with Crippen molar-refractivity contribution in [2.24, 2.45) is 4.99 Å². The molecule has 1 N–H and O–H groups in total. The number of carbonyl (C=O) groups is 2. The third-order valence-electron chi connectivity index (χ3n) is 5.04. The molecule has 0 saturated carbocycles. The summed E-state index contributed by atoms with van der Waals surface area (Å²) < 4.78 is 46.4. The maximum atomic E-state index is 13.7. The van der Waals surface area contributed by atoms with Gasteiger partial charge in [0, 0.05) is 24.1 Å². The van der Waals surface area contributed by atoms with E-state index < -0.39 is 39.0 Å². The molecule has 0 fully saturated rings. The second-order valence-corrected chi connectivity index (χ2v) is 11.8. The number of anilines is 1. The van der Waals surface area contributed by atoms with Gasteiger partial charge in [-0.1, -0.05) is 41.7 Å². The zero-order chi connectivity index (χ0) is 26.4. The lowest BCUT2D eigenvalue weighted by Crippen LogP contribution is -2.28. The third kappa shape index (κ3) is 7.16. The van der Waals surface area contributed by atoms with Crippen molar-refractivity contribution in [2.45, 2.75) is 13.5 Å². The summed E-state index contributed by atoms with van der Waals surface area (Å²) in [5.41, 5.74) is 2.17. The molecule has 2 aromatic carbocycles. The normalized spacial score (nSPS) is 12.2. The number of benzene rings is 2. The quantitative estimate of drug-likeness (QED) is 0.296. The molecule has 0 aliphatic heterocycles. The summed E-state index contributed by atoms with van der Waals surface area (Å²) in [6, 6.07) is 13.5. The Kier molecular flexibility index (Phi) is 8.59. The van der Waals surface area contributed by atoms with E-state index in [9.17, 15) is 22.4 Å². The van der Waals surface area contributed by atoms with Crippen molar-refractivity contribution >= 4 is 59.7 Å². The van der Waals surface area contributed by atoms with Gasteiger partial charge in [-0.25, -0.2) is 17.8 Å². The van der Waals surface area contributed by atoms with Crippen LogP contribution < -0.4 is 10.1 Å². The molecule has 4 rings (SSSR count). The first-order chi connectivity index (χ1) is 17.7. The molecule has 194 valence electrons. The second-order valence-electron chi connectivity index (χ2n) is 7.84. The lowest BCUT2D eigenvalue weighted by atomic mass is 10.2. The van der Waals surface area contributed by atoms with Crippen LogP contribution in [0, 0.1) is 5.82 Å². The summed E-state index contributed by atoms with van der Waals surface area (Å²) in [7, 11) is -4.10. The molecule has 0 radical (unpaired) electrons. The molecule has 0 saturated heterocycles. The maximum Gasteiger partial charge on any atom is 0.263 e. The highest BCUT2D eigenvalue weighted by Gasteiger charge is 2.22. The zero-order valence-electron chi connectivity index (χ0n) is 19.7. The van der Waals surface area contributed by atoms with Gasteiger partial charge >= 0.3 is 0 Å². The van der Waals surface area contributed by atoms with Gasteiger partial charge in [0.05, 0.1) is 22.5 Å². The van der Waals surface area contributed by atoms with Crippen molar-refractivity contribution in [2.75, 3.05) is 30.0 Å². The van der Waals surface area contributed by atoms with Crippen LogP contribution in [0.25, 0.3) is 21.5 Å². The molecule has 2 heterocycles. The Bertz CT molecular complexity index is 1590. The van der Waals surface area contributed by atoms with Crippen LogP contribution in [-0.2, 0) is 30.7 Å². The Balaban J connectivity index is 1.44. The Hall–Kier alpha value is -3.26. The van der Waals surface area contributed by atoms with E-state index in [-0.39, 0.29) is 9.93 Å². The molecule has 4 aromatic rings. The van der Waals surface area contributed by atoms with Gasteiger partial charge in [0.15, 0.2) is 19.8 Å². The van der Waals surface area contributed by atoms with E-state index in [4.69, 9.17) is 4.74 Å². The standard InChI is InChI=1S/C24H23FN4O5S3/c1-2-34-11-10-29-19-9-8-17(25)12-20(19)36-24(29)28-22(31)15-37(32,33)14-21(30)27-23-26-18(13-35-23)16-6-4-3-5-7-16/h3-9,12-13H,2,10-11,14-15H2,1H3,(H,26,27,30). The number of nitrogens with one attached hydrogen (secondary N) is 1. The molecule has 0 spiro atoms. The predicted octanol–water partition coefficient (Wildman–Crippen LogP) is 3.48.